The number of hydrogen-bond acceptors (Lipinski definition) is 3. The van der Waals surface area contributed by atoms with Crippen LogP contribution >= 0.6 is 22.9 Å². The SMILES string of the molecule is O=C(Nc1ccc(F)c(Cl)c1)C1CCc2nc(-c3ccccc3)sc2C1. The Morgan fingerprint density at radius 1 is 1.23 bits per heavy atom. The normalized spacial score (nSPS) is 16.2. The average molecular weight is 387 g/mol. The Balaban J connectivity index is 1.48. The van der Waals surface area contributed by atoms with Crippen LogP contribution in [-0.2, 0) is 17.6 Å². The van der Waals surface area contributed by atoms with E-state index < -0.39 is 5.82 Å². The van der Waals surface area contributed by atoms with Crippen LogP contribution in [0.15, 0.2) is 48.5 Å². The molecule has 2 aromatic carbocycles. The lowest BCUT2D eigenvalue weighted by Gasteiger charge is -2.20. The van der Waals surface area contributed by atoms with E-state index in [0.717, 1.165) is 29.1 Å². The molecule has 1 aromatic heterocycles. The van der Waals surface area contributed by atoms with E-state index in [4.69, 9.17) is 16.6 Å². The number of benzene rings is 2. The van der Waals surface area contributed by atoms with Gasteiger partial charge in [-0.15, -0.1) is 11.3 Å². The lowest BCUT2D eigenvalue weighted by atomic mass is 9.90. The van der Waals surface area contributed by atoms with Gasteiger partial charge < -0.3 is 5.32 Å². The minimum atomic E-state index is -0.495. The summed E-state index contributed by atoms with van der Waals surface area (Å²) in [6.45, 7) is 0. The highest BCUT2D eigenvalue weighted by Crippen LogP contribution is 2.35. The summed E-state index contributed by atoms with van der Waals surface area (Å²) in [6, 6.07) is 14.3. The maximum atomic E-state index is 13.2. The van der Waals surface area contributed by atoms with Gasteiger partial charge in [0.1, 0.15) is 10.8 Å². The number of nitrogens with zero attached hydrogens (tertiary/aromatic N) is 1. The van der Waals surface area contributed by atoms with Crippen molar-refractivity contribution >= 4 is 34.5 Å². The summed E-state index contributed by atoms with van der Waals surface area (Å²) in [6.07, 6.45) is 2.23. The van der Waals surface area contributed by atoms with Crippen LogP contribution in [-0.4, -0.2) is 10.9 Å². The highest BCUT2D eigenvalue weighted by molar-refractivity contribution is 7.15. The van der Waals surface area contributed by atoms with Gasteiger partial charge in [0.05, 0.1) is 10.7 Å². The Labute approximate surface area is 159 Å². The minimum Gasteiger partial charge on any atom is -0.326 e. The second kappa shape index (κ2) is 7.17. The molecule has 0 saturated heterocycles. The third-order valence-electron chi connectivity index (χ3n) is 4.52. The molecule has 3 aromatic rings. The molecule has 0 bridgehead atoms. The Hall–Kier alpha value is -2.24. The monoisotopic (exact) mass is 386 g/mol. The van der Waals surface area contributed by atoms with Crippen molar-refractivity contribution < 1.29 is 9.18 Å². The van der Waals surface area contributed by atoms with Crippen LogP contribution in [0.1, 0.15) is 17.0 Å². The van der Waals surface area contributed by atoms with Crippen molar-refractivity contribution in [2.75, 3.05) is 5.32 Å². The first-order chi connectivity index (χ1) is 12.6. The van der Waals surface area contributed by atoms with Crippen molar-refractivity contribution in [3.05, 3.63) is 69.9 Å². The van der Waals surface area contributed by atoms with Crippen LogP contribution < -0.4 is 5.32 Å². The van der Waals surface area contributed by atoms with Crippen LogP contribution in [0.4, 0.5) is 10.1 Å². The van der Waals surface area contributed by atoms with E-state index in [1.165, 1.54) is 23.1 Å². The highest BCUT2D eigenvalue weighted by atomic mass is 35.5. The summed E-state index contributed by atoms with van der Waals surface area (Å²) in [5, 5.41) is 3.85. The Morgan fingerprint density at radius 2 is 2.04 bits per heavy atom. The number of amides is 1. The zero-order valence-electron chi connectivity index (χ0n) is 13.8. The summed E-state index contributed by atoms with van der Waals surface area (Å²) in [7, 11) is 0. The number of carbonyl (C=O) groups is 1. The van der Waals surface area contributed by atoms with Gasteiger partial charge in [-0.25, -0.2) is 9.37 Å². The molecular formula is C20H16ClFN2OS. The van der Waals surface area contributed by atoms with Gasteiger partial charge in [0.25, 0.3) is 0 Å². The maximum Gasteiger partial charge on any atom is 0.227 e. The molecule has 1 aliphatic carbocycles. The van der Waals surface area contributed by atoms with E-state index >= 15 is 0 Å². The number of carbonyl (C=O) groups excluding carboxylic acids is 1. The summed E-state index contributed by atoms with van der Waals surface area (Å²) >= 11 is 7.44. The summed E-state index contributed by atoms with van der Waals surface area (Å²) in [4.78, 5) is 18.5. The quantitative estimate of drug-likeness (QED) is 0.659. The van der Waals surface area contributed by atoms with Crippen LogP contribution in [0.2, 0.25) is 5.02 Å². The number of aromatic nitrogens is 1. The smallest absolute Gasteiger partial charge is 0.227 e. The maximum absolute atomic E-state index is 13.2. The first kappa shape index (κ1) is 17.2. The number of rotatable bonds is 3. The standard InChI is InChI=1S/C20H16ClFN2OS/c21-15-11-14(7-8-16(15)22)23-19(25)13-6-9-17-18(10-13)26-20(24-17)12-4-2-1-3-5-12/h1-5,7-8,11,13H,6,9-10H2,(H,23,25). The first-order valence-corrected chi connectivity index (χ1v) is 9.59. The van der Waals surface area contributed by atoms with Gasteiger partial charge in [0.15, 0.2) is 0 Å². The molecule has 1 heterocycles. The second-order valence-electron chi connectivity index (χ2n) is 6.31. The molecular weight excluding hydrogens is 371 g/mol. The van der Waals surface area contributed by atoms with Gasteiger partial charge in [0, 0.05) is 22.0 Å². The minimum absolute atomic E-state index is 0.00342. The molecule has 1 N–H and O–H groups in total. The lowest BCUT2D eigenvalue weighted by Crippen LogP contribution is -2.27. The van der Waals surface area contributed by atoms with Gasteiger partial charge in [-0.2, -0.15) is 0 Å². The van der Waals surface area contributed by atoms with E-state index in [9.17, 15) is 9.18 Å². The molecule has 0 fully saturated rings. The zero-order valence-corrected chi connectivity index (χ0v) is 15.4. The molecule has 1 aliphatic rings. The van der Waals surface area contributed by atoms with Crippen molar-refractivity contribution in [2.45, 2.75) is 19.3 Å². The number of hydrogen-bond donors (Lipinski definition) is 1. The van der Waals surface area contributed by atoms with E-state index in [2.05, 4.69) is 5.32 Å². The molecule has 4 rings (SSSR count). The van der Waals surface area contributed by atoms with Gasteiger partial charge >= 0.3 is 0 Å². The molecule has 132 valence electrons. The molecule has 3 nitrogen and oxygen atoms in total. The van der Waals surface area contributed by atoms with Crippen molar-refractivity contribution in [3.63, 3.8) is 0 Å². The van der Waals surface area contributed by atoms with Crippen LogP contribution in [0.25, 0.3) is 10.6 Å². The van der Waals surface area contributed by atoms with E-state index in [1.807, 2.05) is 30.3 Å². The molecule has 0 spiro atoms. The number of halogens is 2. The Morgan fingerprint density at radius 3 is 2.81 bits per heavy atom. The van der Waals surface area contributed by atoms with Gasteiger partial charge in [-0.3, -0.25) is 4.79 Å². The predicted molar refractivity (Wildman–Crippen MR) is 103 cm³/mol. The Bertz CT molecular complexity index is 958. The van der Waals surface area contributed by atoms with E-state index in [-0.39, 0.29) is 16.8 Å². The van der Waals surface area contributed by atoms with Crippen LogP contribution in [0.5, 0.6) is 0 Å². The molecule has 6 heteroatoms. The summed E-state index contributed by atoms with van der Waals surface area (Å²) < 4.78 is 13.2. The van der Waals surface area contributed by atoms with Crippen molar-refractivity contribution in [2.24, 2.45) is 5.92 Å². The van der Waals surface area contributed by atoms with Crippen LogP contribution in [0, 0.1) is 11.7 Å². The number of anilines is 1. The average Bonchev–Trinajstić information content (AvgIpc) is 3.09. The molecule has 1 amide bonds. The fraction of sp³-hybridized carbons (Fsp3) is 0.200. The topological polar surface area (TPSA) is 42.0 Å². The molecule has 1 atom stereocenters. The summed E-state index contributed by atoms with van der Waals surface area (Å²) in [5.41, 5.74) is 2.72. The third-order valence-corrected chi connectivity index (χ3v) is 5.98. The number of fused-ring (bicyclic) bond motifs is 1. The highest BCUT2D eigenvalue weighted by Gasteiger charge is 2.28. The fourth-order valence-corrected chi connectivity index (χ4v) is 4.49. The fourth-order valence-electron chi connectivity index (χ4n) is 3.12. The van der Waals surface area contributed by atoms with Gasteiger partial charge in [-0.1, -0.05) is 41.9 Å². The van der Waals surface area contributed by atoms with Crippen LogP contribution in [0.3, 0.4) is 0 Å². The zero-order chi connectivity index (χ0) is 18.1. The molecule has 1 unspecified atom stereocenters. The third kappa shape index (κ3) is 3.50. The van der Waals surface area contributed by atoms with Gasteiger partial charge in [0.2, 0.25) is 5.91 Å². The molecule has 26 heavy (non-hydrogen) atoms. The number of aryl methyl sites for hydroxylation is 1. The van der Waals surface area contributed by atoms with E-state index in [0.29, 0.717) is 12.1 Å². The largest absolute Gasteiger partial charge is 0.326 e. The molecule has 0 aliphatic heterocycles. The molecule has 0 radical (unpaired) electrons. The number of thiazole rings is 1. The first-order valence-electron chi connectivity index (χ1n) is 8.40. The van der Waals surface area contributed by atoms with Crippen molar-refractivity contribution in [3.8, 4) is 10.6 Å². The predicted octanol–water partition coefficient (Wildman–Crippen LogP) is 5.35. The molecule has 0 saturated carbocycles. The Kier molecular flexibility index (Phi) is 4.74. The lowest BCUT2D eigenvalue weighted by molar-refractivity contribution is -0.120. The van der Waals surface area contributed by atoms with Crippen molar-refractivity contribution in [1.82, 2.24) is 4.98 Å². The second-order valence-corrected chi connectivity index (χ2v) is 7.80. The summed E-state index contributed by atoms with van der Waals surface area (Å²) in [5.74, 6) is -0.673. The van der Waals surface area contributed by atoms with E-state index in [1.54, 1.807) is 11.3 Å². The van der Waals surface area contributed by atoms with Gasteiger partial charge in [-0.05, 0) is 37.5 Å². The number of nitrogens with one attached hydrogen (secondary N) is 1. The van der Waals surface area contributed by atoms with Crippen molar-refractivity contribution in [1.29, 1.82) is 0 Å².